The first-order chi connectivity index (χ1) is 13.2. The molecule has 2 N–H and O–H groups in total. The summed E-state index contributed by atoms with van der Waals surface area (Å²) in [5, 5.41) is 6.45. The molecule has 0 heterocycles. The fourth-order valence-electron chi connectivity index (χ4n) is 2.63. The zero-order valence-electron chi connectivity index (χ0n) is 16.2. The van der Waals surface area contributed by atoms with Crippen LogP contribution in [0.1, 0.15) is 25.0 Å². The molecule has 0 bridgehead atoms. The Labute approximate surface area is 160 Å². The van der Waals surface area contributed by atoms with Gasteiger partial charge in [-0.3, -0.25) is 4.99 Å². The number of rotatable bonds is 9. The van der Waals surface area contributed by atoms with E-state index >= 15 is 0 Å². The number of hydrogen-bond acceptors (Lipinski definition) is 3. The van der Waals surface area contributed by atoms with E-state index in [0.29, 0.717) is 32.3 Å². The zero-order valence-corrected chi connectivity index (χ0v) is 16.2. The molecule has 2 aromatic rings. The highest BCUT2D eigenvalue weighted by Gasteiger charge is 2.06. The molecule has 0 atom stereocenters. The Kier molecular flexibility index (Phi) is 8.42. The molecule has 0 radical (unpaired) electrons. The van der Waals surface area contributed by atoms with Gasteiger partial charge in [-0.1, -0.05) is 18.2 Å². The fourth-order valence-corrected chi connectivity index (χ4v) is 2.63. The Morgan fingerprint density at radius 1 is 0.963 bits per heavy atom. The van der Waals surface area contributed by atoms with E-state index < -0.39 is 0 Å². The third-order valence-corrected chi connectivity index (χ3v) is 3.89. The molecule has 2 aromatic carbocycles. The van der Waals surface area contributed by atoms with Crippen LogP contribution in [-0.4, -0.2) is 32.8 Å². The molecule has 0 aliphatic rings. The first-order valence-electron chi connectivity index (χ1n) is 9.23. The summed E-state index contributed by atoms with van der Waals surface area (Å²) >= 11 is 0. The topological polar surface area (TPSA) is 54.9 Å². The monoisotopic (exact) mass is 373 g/mol. The summed E-state index contributed by atoms with van der Waals surface area (Å²) in [6.45, 7) is 6.33. The molecular weight excluding hydrogens is 345 g/mol. The minimum atomic E-state index is -0.238. The highest BCUT2D eigenvalue weighted by molar-refractivity contribution is 5.79. The highest BCUT2D eigenvalue weighted by Crippen LogP contribution is 2.28. The smallest absolute Gasteiger partial charge is 0.191 e. The van der Waals surface area contributed by atoms with Crippen LogP contribution in [0, 0.1) is 5.82 Å². The molecule has 0 saturated carbocycles. The standard InChI is InChI=1S/C21H28FN3O2/c1-4-26-19-10-9-16(14-20(19)27-5-2)11-12-24-21(23-3)25-15-17-7-6-8-18(22)13-17/h6-10,13-14H,4-5,11-12,15H2,1-3H3,(H2,23,24,25). The van der Waals surface area contributed by atoms with Gasteiger partial charge < -0.3 is 20.1 Å². The molecule has 27 heavy (non-hydrogen) atoms. The average molecular weight is 373 g/mol. The molecule has 146 valence electrons. The van der Waals surface area contributed by atoms with Crippen LogP contribution in [0.4, 0.5) is 4.39 Å². The molecule has 0 amide bonds. The van der Waals surface area contributed by atoms with Crippen molar-refractivity contribution in [2.24, 2.45) is 4.99 Å². The predicted molar refractivity (Wildman–Crippen MR) is 107 cm³/mol. The molecule has 0 spiro atoms. The first kappa shape index (κ1) is 20.6. The van der Waals surface area contributed by atoms with Crippen LogP contribution in [-0.2, 0) is 13.0 Å². The maximum Gasteiger partial charge on any atom is 0.191 e. The van der Waals surface area contributed by atoms with E-state index in [1.54, 1.807) is 13.1 Å². The van der Waals surface area contributed by atoms with Gasteiger partial charge in [0.2, 0.25) is 0 Å². The van der Waals surface area contributed by atoms with Crippen molar-refractivity contribution in [1.29, 1.82) is 0 Å². The average Bonchev–Trinajstić information content (AvgIpc) is 2.67. The normalized spacial score (nSPS) is 11.2. The molecule has 0 aromatic heterocycles. The van der Waals surface area contributed by atoms with E-state index in [-0.39, 0.29) is 5.82 Å². The molecule has 0 saturated heterocycles. The van der Waals surface area contributed by atoms with E-state index in [1.165, 1.54) is 12.1 Å². The number of nitrogens with one attached hydrogen (secondary N) is 2. The first-order valence-corrected chi connectivity index (χ1v) is 9.23. The van der Waals surface area contributed by atoms with Crippen molar-refractivity contribution in [2.45, 2.75) is 26.8 Å². The quantitative estimate of drug-likeness (QED) is 0.522. The molecule has 5 nitrogen and oxygen atoms in total. The van der Waals surface area contributed by atoms with Crippen molar-refractivity contribution in [3.63, 3.8) is 0 Å². The maximum atomic E-state index is 13.2. The maximum absolute atomic E-state index is 13.2. The summed E-state index contributed by atoms with van der Waals surface area (Å²) in [5.74, 6) is 1.97. The number of nitrogens with zero attached hydrogens (tertiary/aromatic N) is 1. The molecule has 0 fully saturated rings. The number of halogens is 1. The van der Waals surface area contributed by atoms with Crippen LogP contribution in [0.5, 0.6) is 11.5 Å². The summed E-state index contributed by atoms with van der Waals surface area (Å²) in [4.78, 5) is 4.20. The van der Waals surface area contributed by atoms with Gasteiger partial charge in [-0.05, 0) is 55.7 Å². The molecule has 0 unspecified atom stereocenters. The van der Waals surface area contributed by atoms with Gasteiger partial charge in [0.05, 0.1) is 13.2 Å². The second kappa shape index (κ2) is 11.1. The van der Waals surface area contributed by atoms with E-state index in [0.717, 1.165) is 29.0 Å². The highest BCUT2D eigenvalue weighted by atomic mass is 19.1. The van der Waals surface area contributed by atoms with Gasteiger partial charge in [0, 0.05) is 20.1 Å². The Hall–Kier alpha value is -2.76. The van der Waals surface area contributed by atoms with Crippen molar-refractivity contribution < 1.29 is 13.9 Å². The zero-order chi connectivity index (χ0) is 19.5. The van der Waals surface area contributed by atoms with E-state index in [9.17, 15) is 4.39 Å². The lowest BCUT2D eigenvalue weighted by atomic mass is 10.1. The minimum absolute atomic E-state index is 0.238. The predicted octanol–water partition coefficient (Wildman–Crippen LogP) is 3.53. The van der Waals surface area contributed by atoms with Crippen molar-refractivity contribution in [3.8, 4) is 11.5 Å². The minimum Gasteiger partial charge on any atom is -0.490 e. The lowest BCUT2D eigenvalue weighted by Gasteiger charge is -2.14. The van der Waals surface area contributed by atoms with Gasteiger partial charge in [0.25, 0.3) is 0 Å². The van der Waals surface area contributed by atoms with Crippen LogP contribution >= 0.6 is 0 Å². The lowest BCUT2D eigenvalue weighted by Crippen LogP contribution is -2.37. The van der Waals surface area contributed by atoms with E-state index in [2.05, 4.69) is 15.6 Å². The number of guanidine groups is 1. The van der Waals surface area contributed by atoms with Gasteiger partial charge >= 0.3 is 0 Å². The number of hydrogen-bond donors (Lipinski definition) is 2. The second-order valence-corrected chi connectivity index (χ2v) is 5.88. The molecular formula is C21H28FN3O2. The Morgan fingerprint density at radius 3 is 2.44 bits per heavy atom. The third kappa shape index (κ3) is 6.81. The van der Waals surface area contributed by atoms with Crippen LogP contribution in [0.3, 0.4) is 0 Å². The van der Waals surface area contributed by atoms with Crippen LogP contribution in [0.25, 0.3) is 0 Å². The van der Waals surface area contributed by atoms with E-state index in [1.807, 2.05) is 38.1 Å². The van der Waals surface area contributed by atoms with Gasteiger partial charge in [0.15, 0.2) is 17.5 Å². The van der Waals surface area contributed by atoms with Crippen molar-refractivity contribution in [3.05, 3.63) is 59.4 Å². The summed E-state index contributed by atoms with van der Waals surface area (Å²) in [7, 11) is 1.71. The molecule has 0 aliphatic carbocycles. The third-order valence-electron chi connectivity index (χ3n) is 3.89. The summed E-state index contributed by atoms with van der Waals surface area (Å²) in [6, 6.07) is 12.5. The summed E-state index contributed by atoms with van der Waals surface area (Å²) in [5.41, 5.74) is 2.01. The van der Waals surface area contributed by atoms with Gasteiger partial charge in [0.1, 0.15) is 5.82 Å². The van der Waals surface area contributed by atoms with Crippen LogP contribution in [0.15, 0.2) is 47.5 Å². The molecule has 6 heteroatoms. The number of ether oxygens (including phenoxy) is 2. The number of benzene rings is 2. The van der Waals surface area contributed by atoms with Crippen LogP contribution in [0.2, 0.25) is 0 Å². The van der Waals surface area contributed by atoms with Gasteiger partial charge in [-0.15, -0.1) is 0 Å². The fraction of sp³-hybridized carbons (Fsp3) is 0.381. The molecule has 0 aliphatic heterocycles. The number of aliphatic imine (C=N–C) groups is 1. The Balaban J connectivity index is 1.85. The molecule has 2 rings (SSSR count). The largest absolute Gasteiger partial charge is 0.490 e. The Morgan fingerprint density at radius 2 is 1.74 bits per heavy atom. The second-order valence-electron chi connectivity index (χ2n) is 5.88. The van der Waals surface area contributed by atoms with E-state index in [4.69, 9.17) is 9.47 Å². The summed E-state index contributed by atoms with van der Waals surface area (Å²) < 4.78 is 24.5. The van der Waals surface area contributed by atoms with Crippen molar-refractivity contribution in [1.82, 2.24) is 10.6 Å². The van der Waals surface area contributed by atoms with Gasteiger partial charge in [-0.25, -0.2) is 4.39 Å². The Bertz CT molecular complexity index is 750. The van der Waals surface area contributed by atoms with Crippen molar-refractivity contribution >= 4 is 5.96 Å². The van der Waals surface area contributed by atoms with Gasteiger partial charge in [-0.2, -0.15) is 0 Å². The summed E-state index contributed by atoms with van der Waals surface area (Å²) in [6.07, 6.45) is 0.813. The van der Waals surface area contributed by atoms with Crippen molar-refractivity contribution in [2.75, 3.05) is 26.8 Å². The lowest BCUT2D eigenvalue weighted by molar-refractivity contribution is 0.287. The SMILES string of the molecule is CCOc1ccc(CCNC(=NC)NCc2cccc(F)c2)cc1OCC. The van der Waals surface area contributed by atoms with Crippen LogP contribution < -0.4 is 20.1 Å².